The van der Waals surface area contributed by atoms with Crippen molar-refractivity contribution in [1.29, 1.82) is 0 Å². The summed E-state index contributed by atoms with van der Waals surface area (Å²) in [6.07, 6.45) is 17.6. The third-order valence-corrected chi connectivity index (χ3v) is 10.8. The lowest BCUT2D eigenvalue weighted by molar-refractivity contribution is 0.643. The molecule has 242 valence electrons. The Morgan fingerprint density at radius 2 is 1.22 bits per heavy atom. The summed E-state index contributed by atoms with van der Waals surface area (Å²) in [5, 5.41) is 5.05. The molecule has 3 unspecified atom stereocenters. The molecular formula is C48H40N2. The molecule has 6 aromatic carbocycles. The fraction of sp³-hybridized carbons (Fsp3) is 0.125. The third kappa shape index (κ3) is 5.20. The smallest absolute Gasteiger partial charge is 0.0562 e. The lowest BCUT2D eigenvalue weighted by Crippen LogP contribution is -2.32. The quantitative estimate of drug-likeness (QED) is 0.178. The van der Waals surface area contributed by atoms with E-state index in [9.17, 15) is 0 Å². The lowest BCUT2D eigenvalue weighted by atomic mass is 9.73. The van der Waals surface area contributed by atoms with Crippen LogP contribution in [0, 0.1) is 5.92 Å². The topological polar surface area (TPSA) is 6.48 Å². The van der Waals surface area contributed by atoms with E-state index in [1.54, 1.807) is 0 Å². The highest BCUT2D eigenvalue weighted by Gasteiger charge is 2.36. The maximum atomic E-state index is 2.58. The van der Waals surface area contributed by atoms with Gasteiger partial charge in [0.15, 0.2) is 0 Å². The van der Waals surface area contributed by atoms with E-state index in [2.05, 4.69) is 200 Å². The van der Waals surface area contributed by atoms with Gasteiger partial charge in [-0.3, -0.25) is 0 Å². The molecule has 0 heterocycles. The number of para-hydroxylation sites is 2. The highest BCUT2D eigenvalue weighted by molar-refractivity contribution is 6.04. The molecule has 0 saturated heterocycles. The molecule has 0 saturated carbocycles. The van der Waals surface area contributed by atoms with Crippen molar-refractivity contribution in [3.05, 3.63) is 198 Å². The number of rotatable bonds is 6. The molecule has 0 fully saturated rings. The molecular weight excluding hydrogens is 605 g/mol. The van der Waals surface area contributed by atoms with Crippen molar-refractivity contribution >= 4 is 50.4 Å². The van der Waals surface area contributed by atoms with Crippen LogP contribution in [0.5, 0.6) is 0 Å². The van der Waals surface area contributed by atoms with Gasteiger partial charge in [0.05, 0.1) is 6.04 Å². The van der Waals surface area contributed by atoms with Gasteiger partial charge in [0.2, 0.25) is 0 Å². The van der Waals surface area contributed by atoms with Crippen LogP contribution < -0.4 is 9.80 Å². The maximum absolute atomic E-state index is 2.58. The molecule has 50 heavy (non-hydrogen) atoms. The van der Waals surface area contributed by atoms with Crippen LogP contribution in [-0.2, 0) is 0 Å². The fourth-order valence-electron chi connectivity index (χ4n) is 8.24. The highest BCUT2D eigenvalue weighted by Crippen LogP contribution is 2.51. The van der Waals surface area contributed by atoms with Crippen LogP contribution in [0.1, 0.15) is 37.3 Å². The van der Waals surface area contributed by atoms with Crippen molar-refractivity contribution in [3.8, 4) is 0 Å². The summed E-state index contributed by atoms with van der Waals surface area (Å²) in [4.78, 5) is 5.07. The van der Waals surface area contributed by atoms with Gasteiger partial charge in [0.1, 0.15) is 0 Å². The molecule has 0 N–H and O–H groups in total. The van der Waals surface area contributed by atoms with E-state index in [4.69, 9.17) is 0 Å². The fourth-order valence-corrected chi connectivity index (χ4v) is 8.24. The van der Waals surface area contributed by atoms with Crippen molar-refractivity contribution in [1.82, 2.24) is 0 Å². The zero-order valence-electron chi connectivity index (χ0n) is 28.6. The van der Waals surface area contributed by atoms with Crippen LogP contribution in [0.4, 0.5) is 22.7 Å². The number of allylic oxidation sites excluding steroid dienone is 6. The van der Waals surface area contributed by atoms with Crippen molar-refractivity contribution in [2.75, 3.05) is 9.80 Å². The average molecular weight is 645 g/mol. The second kappa shape index (κ2) is 12.5. The molecule has 2 heteroatoms. The van der Waals surface area contributed by atoms with Gasteiger partial charge in [0.25, 0.3) is 0 Å². The van der Waals surface area contributed by atoms with Gasteiger partial charge in [-0.15, -0.1) is 0 Å². The number of nitrogens with zero attached hydrogens (tertiary/aromatic N) is 2. The molecule has 3 atom stereocenters. The number of benzene rings is 6. The number of fused-ring (bicyclic) bond motifs is 6. The van der Waals surface area contributed by atoms with Crippen molar-refractivity contribution < 1.29 is 0 Å². The Bertz CT molecular complexity index is 2390. The second-order valence-electron chi connectivity index (χ2n) is 13.8. The molecule has 0 radical (unpaired) electrons. The van der Waals surface area contributed by atoms with E-state index < -0.39 is 0 Å². The lowest BCUT2D eigenvalue weighted by Gasteiger charge is -2.41. The molecule has 0 aliphatic heterocycles. The Kier molecular flexibility index (Phi) is 7.58. The molecule has 0 spiro atoms. The predicted molar refractivity (Wildman–Crippen MR) is 213 cm³/mol. The molecule has 6 aromatic rings. The first-order valence-electron chi connectivity index (χ1n) is 17.8. The summed E-state index contributed by atoms with van der Waals surface area (Å²) in [7, 11) is 0. The SMILES string of the molecule is CC1=CCC(N(c2ccccc2)c2cc3c(c4ccccc24)C=C(N(c2ccccc2)c2ccc4ccccc4c2)C2C=CC=CC32)C=C1C. The van der Waals surface area contributed by atoms with Crippen LogP contribution in [0.15, 0.2) is 187 Å². The average Bonchev–Trinajstić information content (AvgIpc) is 3.17. The van der Waals surface area contributed by atoms with Crippen LogP contribution in [0.2, 0.25) is 0 Å². The third-order valence-electron chi connectivity index (χ3n) is 10.8. The highest BCUT2D eigenvalue weighted by atomic mass is 15.2. The van der Waals surface area contributed by atoms with Gasteiger partial charge < -0.3 is 9.80 Å². The molecule has 2 nitrogen and oxygen atoms in total. The summed E-state index contributed by atoms with van der Waals surface area (Å²) in [6.45, 7) is 4.48. The standard InChI is InChI=1S/C48H40N2/c1-33-25-27-39(29-34(33)2)49(37-17-5-3-6-18-37)47-31-45-42-22-12-14-24-44(42)48(32-46(45)41-21-11-13-23-43(41)47)50(38-19-7-4-8-20-38)40-28-26-35-15-9-10-16-36(35)30-40/h3-26,28-32,39,42,44H,27H2,1-2H3. The van der Waals surface area contributed by atoms with Crippen LogP contribution in [-0.4, -0.2) is 6.04 Å². The Balaban J connectivity index is 1.29. The van der Waals surface area contributed by atoms with E-state index in [1.807, 2.05) is 0 Å². The molecule has 3 aliphatic rings. The largest absolute Gasteiger partial charge is 0.334 e. The monoisotopic (exact) mass is 644 g/mol. The second-order valence-corrected chi connectivity index (χ2v) is 13.8. The van der Waals surface area contributed by atoms with Crippen molar-refractivity contribution in [2.24, 2.45) is 5.92 Å². The first-order valence-corrected chi connectivity index (χ1v) is 17.8. The molecule has 0 amide bonds. The van der Waals surface area contributed by atoms with E-state index in [-0.39, 0.29) is 17.9 Å². The zero-order valence-corrected chi connectivity index (χ0v) is 28.6. The van der Waals surface area contributed by atoms with Gasteiger partial charge >= 0.3 is 0 Å². The van der Waals surface area contributed by atoms with Crippen LogP contribution in [0.25, 0.3) is 27.6 Å². The van der Waals surface area contributed by atoms with Crippen molar-refractivity contribution in [2.45, 2.75) is 32.2 Å². The molecule has 9 rings (SSSR count). The Morgan fingerprint density at radius 3 is 1.98 bits per heavy atom. The Labute approximate surface area is 295 Å². The summed E-state index contributed by atoms with van der Waals surface area (Å²) in [6, 6.07) is 49.1. The predicted octanol–water partition coefficient (Wildman–Crippen LogP) is 12.8. The van der Waals surface area contributed by atoms with Gasteiger partial charge in [-0.2, -0.15) is 0 Å². The zero-order chi connectivity index (χ0) is 33.6. The first kappa shape index (κ1) is 30.2. The van der Waals surface area contributed by atoms with Crippen LogP contribution >= 0.6 is 0 Å². The van der Waals surface area contributed by atoms with Gasteiger partial charge in [-0.1, -0.05) is 139 Å². The molecule has 0 bridgehead atoms. The minimum atomic E-state index is 0.167. The minimum absolute atomic E-state index is 0.167. The minimum Gasteiger partial charge on any atom is -0.334 e. The summed E-state index contributed by atoms with van der Waals surface area (Å²) < 4.78 is 0. The summed E-state index contributed by atoms with van der Waals surface area (Å²) in [5.74, 6) is 0.356. The van der Waals surface area contributed by atoms with Crippen molar-refractivity contribution in [3.63, 3.8) is 0 Å². The number of hydrogen-bond acceptors (Lipinski definition) is 2. The summed E-state index contributed by atoms with van der Waals surface area (Å²) >= 11 is 0. The Morgan fingerprint density at radius 1 is 0.560 bits per heavy atom. The normalized spacial score (nSPS) is 19.3. The van der Waals surface area contributed by atoms with Gasteiger partial charge in [0, 0.05) is 45.7 Å². The first-order chi connectivity index (χ1) is 24.6. The van der Waals surface area contributed by atoms with E-state index >= 15 is 0 Å². The van der Waals surface area contributed by atoms with E-state index in [0.29, 0.717) is 0 Å². The van der Waals surface area contributed by atoms with E-state index in [0.717, 1.165) is 12.1 Å². The molecule has 3 aliphatic carbocycles. The maximum Gasteiger partial charge on any atom is 0.0562 e. The van der Waals surface area contributed by atoms with Gasteiger partial charge in [-0.25, -0.2) is 0 Å². The van der Waals surface area contributed by atoms with E-state index in [1.165, 1.54) is 66.6 Å². The van der Waals surface area contributed by atoms with Gasteiger partial charge in [-0.05, 0) is 96.1 Å². The number of hydrogen-bond donors (Lipinski definition) is 0. The molecule has 0 aromatic heterocycles. The Hall–Kier alpha value is -5.86. The van der Waals surface area contributed by atoms with Crippen LogP contribution in [0.3, 0.4) is 0 Å². The number of anilines is 4. The summed E-state index contributed by atoms with van der Waals surface area (Å²) in [5.41, 5.74) is 11.5.